The highest BCUT2D eigenvalue weighted by Crippen LogP contribution is 2.28. The molecule has 0 spiro atoms. The topological polar surface area (TPSA) is 32.5 Å². The van der Waals surface area contributed by atoms with Gasteiger partial charge in [0.15, 0.2) is 0 Å². The van der Waals surface area contributed by atoms with Gasteiger partial charge in [-0.2, -0.15) is 0 Å². The SMILES string of the molecule is CC1CCCN1C1CCN(c2ccc(N)cc2)C1. The zero-order valence-electron chi connectivity index (χ0n) is 11.2. The van der Waals surface area contributed by atoms with Crippen LogP contribution in [-0.4, -0.2) is 36.6 Å². The van der Waals surface area contributed by atoms with E-state index in [4.69, 9.17) is 5.73 Å². The van der Waals surface area contributed by atoms with Crippen molar-refractivity contribution in [1.29, 1.82) is 0 Å². The molecule has 98 valence electrons. The lowest BCUT2D eigenvalue weighted by Gasteiger charge is -2.28. The molecule has 2 unspecified atom stereocenters. The summed E-state index contributed by atoms with van der Waals surface area (Å²) in [6.45, 7) is 6.02. The molecule has 3 nitrogen and oxygen atoms in total. The molecule has 1 aromatic carbocycles. The van der Waals surface area contributed by atoms with Gasteiger partial charge >= 0.3 is 0 Å². The summed E-state index contributed by atoms with van der Waals surface area (Å²) in [5.41, 5.74) is 7.91. The first-order valence-corrected chi connectivity index (χ1v) is 7.10. The summed E-state index contributed by atoms with van der Waals surface area (Å²) in [7, 11) is 0. The van der Waals surface area contributed by atoms with E-state index >= 15 is 0 Å². The molecule has 3 heteroatoms. The number of nitrogen functional groups attached to an aromatic ring is 1. The molecule has 0 radical (unpaired) electrons. The second-order valence-corrected chi connectivity index (χ2v) is 5.71. The molecule has 0 saturated carbocycles. The van der Waals surface area contributed by atoms with E-state index < -0.39 is 0 Å². The van der Waals surface area contributed by atoms with Gasteiger partial charge in [0.25, 0.3) is 0 Å². The standard InChI is InChI=1S/C15H23N3/c1-12-3-2-9-18(12)15-8-10-17(11-15)14-6-4-13(16)5-7-14/h4-7,12,15H,2-3,8-11,16H2,1H3. The Bertz CT molecular complexity index is 401. The Hall–Kier alpha value is -1.22. The fraction of sp³-hybridized carbons (Fsp3) is 0.600. The number of likely N-dealkylation sites (tertiary alicyclic amines) is 1. The third kappa shape index (κ3) is 2.19. The van der Waals surface area contributed by atoms with Gasteiger partial charge in [-0.05, 0) is 57.0 Å². The van der Waals surface area contributed by atoms with E-state index in [1.54, 1.807) is 0 Å². The first-order chi connectivity index (χ1) is 8.74. The molecule has 0 aliphatic carbocycles. The fourth-order valence-electron chi connectivity index (χ4n) is 3.43. The number of nitrogens with two attached hydrogens (primary N) is 1. The van der Waals surface area contributed by atoms with Crippen LogP contribution in [0.4, 0.5) is 11.4 Å². The van der Waals surface area contributed by atoms with Crippen LogP contribution in [0.5, 0.6) is 0 Å². The molecule has 2 atom stereocenters. The molecule has 2 aliphatic rings. The summed E-state index contributed by atoms with van der Waals surface area (Å²) in [5.74, 6) is 0. The highest BCUT2D eigenvalue weighted by molar-refractivity contribution is 5.53. The molecule has 0 amide bonds. The van der Waals surface area contributed by atoms with E-state index in [0.717, 1.165) is 17.8 Å². The van der Waals surface area contributed by atoms with E-state index in [9.17, 15) is 0 Å². The first-order valence-electron chi connectivity index (χ1n) is 7.10. The minimum Gasteiger partial charge on any atom is -0.399 e. The highest BCUT2D eigenvalue weighted by Gasteiger charge is 2.32. The predicted molar refractivity (Wildman–Crippen MR) is 76.9 cm³/mol. The molecule has 18 heavy (non-hydrogen) atoms. The lowest BCUT2D eigenvalue weighted by atomic mass is 10.2. The van der Waals surface area contributed by atoms with Crippen molar-refractivity contribution in [3.63, 3.8) is 0 Å². The van der Waals surface area contributed by atoms with Crippen molar-refractivity contribution in [2.75, 3.05) is 30.3 Å². The molecule has 1 aromatic rings. The molecule has 2 aliphatic heterocycles. The van der Waals surface area contributed by atoms with Crippen molar-refractivity contribution in [1.82, 2.24) is 4.90 Å². The van der Waals surface area contributed by atoms with Gasteiger partial charge in [0.1, 0.15) is 0 Å². The minimum absolute atomic E-state index is 0.750. The number of nitrogens with zero attached hydrogens (tertiary/aromatic N) is 2. The van der Waals surface area contributed by atoms with Crippen LogP contribution in [0.15, 0.2) is 24.3 Å². The number of hydrogen-bond donors (Lipinski definition) is 1. The maximum absolute atomic E-state index is 5.74. The lowest BCUT2D eigenvalue weighted by molar-refractivity contribution is 0.204. The van der Waals surface area contributed by atoms with Crippen LogP contribution in [0.25, 0.3) is 0 Å². The largest absolute Gasteiger partial charge is 0.399 e. The van der Waals surface area contributed by atoms with E-state index in [0.29, 0.717) is 0 Å². The van der Waals surface area contributed by atoms with Crippen LogP contribution >= 0.6 is 0 Å². The molecule has 0 aromatic heterocycles. The van der Waals surface area contributed by atoms with Crippen LogP contribution in [0.2, 0.25) is 0 Å². The van der Waals surface area contributed by atoms with Crippen molar-refractivity contribution in [2.45, 2.75) is 38.3 Å². The average Bonchev–Trinajstić information content (AvgIpc) is 2.98. The molecular weight excluding hydrogens is 222 g/mol. The van der Waals surface area contributed by atoms with E-state index in [-0.39, 0.29) is 0 Å². The van der Waals surface area contributed by atoms with Crippen LogP contribution in [0, 0.1) is 0 Å². The van der Waals surface area contributed by atoms with Crippen LogP contribution in [0.1, 0.15) is 26.2 Å². The van der Waals surface area contributed by atoms with Gasteiger partial charge in [-0.3, -0.25) is 4.90 Å². The molecule has 2 N–H and O–H groups in total. The number of rotatable bonds is 2. The molecule has 2 fully saturated rings. The summed E-state index contributed by atoms with van der Waals surface area (Å²) >= 11 is 0. The smallest absolute Gasteiger partial charge is 0.0368 e. The minimum atomic E-state index is 0.750. The summed E-state index contributed by atoms with van der Waals surface area (Å²) < 4.78 is 0. The zero-order chi connectivity index (χ0) is 12.5. The molecule has 2 saturated heterocycles. The van der Waals surface area contributed by atoms with E-state index in [2.05, 4.69) is 28.9 Å². The highest BCUT2D eigenvalue weighted by atomic mass is 15.3. The lowest BCUT2D eigenvalue weighted by Crippen LogP contribution is -2.39. The Kier molecular flexibility index (Phi) is 3.16. The predicted octanol–water partition coefficient (Wildman–Crippen LogP) is 2.33. The van der Waals surface area contributed by atoms with Gasteiger partial charge in [-0.25, -0.2) is 0 Å². The Balaban J connectivity index is 1.66. The Morgan fingerprint density at radius 1 is 1.11 bits per heavy atom. The van der Waals surface area contributed by atoms with Gasteiger partial charge in [-0.15, -0.1) is 0 Å². The fourth-order valence-corrected chi connectivity index (χ4v) is 3.43. The van der Waals surface area contributed by atoms with Gasteiger partial charge in [0, 0.05) is 36.5 Å². The number of hydrogen-bond acceptors (Lipinski definition) is 3. The summed E-state index contributed by atoms with van der Waals surface area (Å²) in [5, 5.41) is 0. The molecule has 0 bridgehead atoms. The van der Waals surface area contributed by atoms with Crippen molar-refractivity contribution in [3.8, 4) is 0 Å². The van der Waals surface area contributed by atoms with Gasteiger partial charge in [0.2, 0.25) is 0 Å². The Morgan fingerprint density at radius 3 is 2.56 bits per heavy atom. The summed E-state index contributed by atoms with van der Waals surface area (Å²) in [6.07, 6.45) is 4.05. The quantitative estimate of drug-likeness (QED) is 0.812. The Labute approximate surface area is 110 Å². The normalized spacial score (nSPS) is 29.1. The van der Waals surface area contributed by atoms with Crippen LogP contribution < -0.4 is 10.6 Å². The van der Waals surface area contributed by atoms with Crippen LogP contribution in [-0.2, 0) is 0 Å². The summed E-state index contributed by atoms with van der Waals surface area (Å²) in [4.78, 5) is 5.20. The summed E-state index contributed by atoms with van der Waals surface area (Å²) in [6, 6.07) is 9.82. The third-order valence-corrected chi connectivity index (χ3v) is 4.49. The second-order valence-electron chi connectivity index (χ2n) is 5.71. The molecule has 3 rings (SSSR count). The number of benzene rings is 1. The van der Waals surface area contributed by atoms with Crippen molar-refractivity contribution < 1.29 is 0 Å². The van der Waals surface area contributed by atoms with Crippen molar-refractivity contribution >= 4 is 11.4 Å². The van der Waals surface area contributed by atoms with Gasteiger partial charge in [0.05, 0.1) is 0 Å². The van der Waals surface area contributed by atoms with Gasteiger partial charge in [-0.1, -0.05) is 0 Å². The molecule has 2 heterocycles. The monoisotopic (exact) mass is 245 g/mol. The van der Waals surface area contributed by atoms with E-state index in [1.807, 2.05) is 12.1 Å². The average molecular weight is 245 g/mol. The molecular formula is C15H23N3. The maximum atomic E-state index is 5.74. The number of anilines is 2. The van der Waals surface area contributed by atoms with Gasteiger partial charge < -0.3 is 10.6 Å². The first kappa shape index (κ1) is 11.8. The van der Waals surface area contributed by atoms with Crippen molar-refractivity contribution in [2.24, 2.45) is 0 Å². The van der Waals surface area contributed by atoms with E-state index in [1.165, 1.54) is 44.6 Å². The maximum Gasteiger partial charge on any atom is 0.0368 e. The zero-order valence-corrected chi connectivity index (χ0v) is 11.2. The van der Waals surface area contributed by atoms with Crippen LogP contribution in [0.3, 0.4) is 0 Å². The Morgan fingerprint density at radius 2 is 1.89 bits per heavy atom. The van der Waals surface area contributed by atoms with Crippen molar-refractivity contribution in [3.05, 3.63) is 24.3 Å². The second kappa shape index (κ2) is 4.81. The third-order valence-electron chi connectivity index (χ3n) is 4.49.